The van der Waals surface area contributed by atoms with Crippen molar-refractivity contribution in [1.82, 2.24) is 10.6 Å². The van der Waals surface area contributed by atoms with Crippen molar-refractivity contribution in [1.29, 1.82) is 0 Å². The number of hydrogen-bond donors (Lipinski definition) is 2. The van der Waals surface area contributed by atoms with Gasteiger partial charge in [-0.3, -0.25) is 4.79 Å². The number of carbonyl (C=O) groups excluding carboxylic acids is 1. The Bertz CT molecular complexity index is 288. The van der Waals surface area contributed by atoms with Crippen LogP contribution in [0.4, 0.5) is 0 Å². The fourth-order valence-corrected chi connectivity index (χ4v) is 3.47. The fraction of sp³-hybridized carbons (Fsp3) is 0.929. The fourth-order valence-electron chi connectivity index (χ4n) is 3.47. The first kappa shape index (κ1) is 14.1. The van der Waals surface area contributed by atoms with Gasteiger partial charge in [0.15, 0.2) is 0 Å². The summed E-state index contributed by atoms with van der Waals surface area (Å²) in [6.45, 7) is 3.05. The molecule has 3 nitrogen and oxygen atoms in total. The summed E-state index contributed by atoms with van der Waals surface area (Å²) in [6.07, 6.45) is 8.11. The molecule has 3 fully saturated rings. The molecule has 4 heteroatoms. The zero-order chi connectivity index (χ0) is 11.7. The Morgan fingerprint density at radius 3 is 2.50 bits per heavy atom. The van der Waals surface area contributed by atoms with E-state index in [1.165, 1.54) is 38.5 Å². The summed E-state index contributed by atoms with van der Waals surface area (Å²) in [4.78, 5) is 12.0. The number of hydrogen-bond acceptors (Lipinski definition) is 2. The van der Waals surface area contributed by atoms with Crippen LogP contribution >= 0.6 is 12.4 Å². The second-order valence-corrected chi connectivity index (χ2v) is 6.17. The molecule has 1 aliphatic heterocycles. The molecule has 0 aromatic carbocycles. The first-order chi connectivity index (χ1) is 8.34. The molecule has 3 aliphatic rings. The van der Waals surface area contributed by atoms with Gasteiger partial charge in [0.1, 0.15) is 0 Å². The van der Waals surface area contributed by atoms with Gasteiger partial charge in [0.2, 0.25) is 5.91 Å². The van der Waals surface area contributed by atoms with Crippen molar-refractivity contribution < 1.29 is 4.79 Å². The van der Waals surface area contributed by atoms with Gasteiger partial charge in [-0.05, 0) is 18.3 Å². The number of carbonyl (C=O) groups is 1. The highest BCUT2D eigenvalue weighted by Gasteiger charge is 2.47. The molecule has 0 bridgehead atoms. The minimum atomic E-state index is 0. The lowest BCUT2D eigenvalue weighted by molar-refractivity contribution is -0.123. The summed E-state index contributed by atoms with van der Waals surface area (Å²) in [5.74, 6) is 2.99. The number of amides is 1. The zero-order valence-electron chi connectivity index (χ0n) is 11.0. The second kappa shape index (κ2) is 6.25. The lowest BCUT2D eigenvalue weighted by Gasteiger charge is -2.27. The van der Waals surface area contributed by atoms with Gasteiger partial charge < -0.3 is 10.6 Å². The molecule has 1 amide bonds. The Balaban J connectivity index is 0.00000120. The van der Waals surface area contributed by atoms with E-state index >= 15 is 0 Å². The Morgan fingerprint density at radius 2 is 1.89 bits per heavy atom. The predicted octanol–water partition coefficient (Wildman–Crippen LogP) is 1.96. The highest BCUT2D eigenvalue weighted by atomic mass is 35.5. The molecule has 0 radical (unpaired) electrons. The highest BCUT2D eigenvalue weighted by molar-refractivity contribution is 5.85. The number of halogens is 1. The van der Waals surface area contributed by atoms with E-state index in [0.717, 1.165) is 31.5 Å². The van der Waals surface area contributed by atoms with Crippen molar-refractivity contribution in [3.8, 4) is 0 Å². The van der Waals surface area contributed by atoms with Crippen LogP contribution in [0.2, 0.25) is 0 Å². The van der Waals surface area contributed by atoms with Crippen LogP contribution in [0, 0.1) is 23.7 Å². The average Bonchev–Trinajstić information content (AvgIpc) is 3.08. The van der Waals surface area contributed by atoms with Gasteiger partial charge in [-0.25, -0.2) is 0 Å². The average molecular weight is 273 g/mol. The summed E-state index contributed by atoms with van der Waals surface area (Å²) in [5, 5.41) is 6.38. The van der Waals surface area contributed by atoms with Crippen LogP contribution in [-0.2, 0) is 4.79 Å². The van der Waals surface area contributed by atoms with E-state index < -0.39 is 0 Å². The highest BCUT2D eigenvalue weighted by Crippen LogP contribution is 2.49. The van der Waals surface area contributed by atoms with E-state index in [9.17, 15) is 4.79 Å². The summed E-state index contributed by atoms with van der Waals surface area (Å²) in [5.41, 5.74) is 0. The van der Waals surface area contributed by atoms with Gasteiger partial charge in [0.05, 0.1) is 0 Å². The van der Waals surface area contributed by atoms with Gasteiger partial charge in [0.25, 0.3) is 0 Å². The molecule has 1 heterocycles. The Hall–Kier alpha value is -0.280. The minimum absolute atomic E-state index is 0. The molecule has 3 rings (SSSR count). The van der Waals surface area contributed by atoms with Crippen LogP contribution in [-0.4, -0.2) is 25.5 Å². The normalized spacial score (nSPS) is 32.2. The molecule has 2 N–H and O–H groups in total. The van der Waals surface area contributed by atoms with Crippen molar-refractivity contribution >= 4 is 18.3 Å². The van der Waals surface area contributed by atoms with Crippen LogP contribution in [0.1, 0.15) is 38.5 Å². The number of nitrogens with one attached hydrogen (secondary N) is 2. The molecular weight excluding hydrogens is 248 g/mol. The van der Waals surface area contributed by atoms with Crippen molar-refractivity contribution in [2.45, 2.75) is 38.5 Å². The first-order valence-electron chi connectivity index (χ1n) is 7.33. The maximum absolute atomic E-state index is 12.0. The monoisotopic (exact) mass is 272 g/mol. The maximum Gasteiger partial charge on any atom is 0.223 e. The molecule has 18 heavy (non-hydrogen) atoms. The molecule has 2 aliphatic carbocycles. The summed E-state index contributed by atoms with van der Waals surface area (Å²) >= 11 is 0. The van der Waals surface area contributed by atoms with E-state index in [1.807, 2.05) is 0 Å². The van der Waals surface area contributed by atoms with Crippen LogP contribution in [0.3, 0.4) is 0 Å². The molecule has 2 saturated carbocycles. The molecule has 0 aromatic heterocycles. The topological polar surface area (TPSA) is 41.1 Å². The summed E-state index contributed by atoms with van der Waals surface area (Å²) in [6, 6.07) is 0. The largest absolute Gasteiger partial charge is 0.355 e. The number of rotatable bonds is 4. The van der Waals surface area contributed by atoms with Crippen molar-refractivity contribution in [2.24, 2.45) is 23.7 Å². The molecule has 0 spiro atoms. The maximum atomic E-state index is 12.0. The van der Waals surface area contributed by atoms with Crippen LogP contribution in [0.5, 0.6) is 0 Å². The van der Waals surface area contributed by atoms with Gasteiger partial charge >= 0.3 is 0 Å². The standard InChI is InChI=1S/C14H24N2O.ClH/c17-14(16-9-10-7-15-8-10)13-6-12(13)11-4-2-1-3-5-11;/h10-13,15H,1-9H2,(H,16,17);1H. The Kier molecular flexibility index (Phi) is 4.91. The second-order valence-electron chi connectivity index (χ2n) is 6.17. The SMILES string of the molecule is Cl.O=C(NCC1CNC1)C1CC1C1CCCCC1. The molecule has 1 saturated heterocycles. The van der Waals surface area contributed by atoms with Gasteiger partial charge in [-0.1, -0.05) is 32.1 Å². The van der Waals surface area contributed by atoms with Crippen molar-refractivity contribution in [2.75, 3.05) is 19.6 Å². The van der Waals surface area contributed by atoms with E-state index in [2.05, 4.69) is 10.6 Å². The lowest BCUT2D eigenvalue weighted by Crippen LogP contribution is -2.48. The van der Waals surface area contributed by atoms with Crippen molar-refractivity contribution in [3.63, 3.8) is 0 Å². The van der Waals surface area contributed by atoms with Crippen LogP contribution in [0.15, 0.2) is 0 Å². The van der Waals surface area contributed by atoms with E-state index in [1.54, 1.807) is 0 Å². The molecule has 104 valence electrons. The van der Waals surface area contributed by atoms with E-state index in [4.69, 9.17) is 0 Å². The van der Waals surface area contributed by atoms with Crippen LogP contribution < -0.4 is 10.6 Å². The lowest BCUT2D eigenvalue weighted by atomic mass is 9.85. The third-order valence-electron chi connectivity index (χ3n) is 4.86. The quantitative estimate of drug-likeness (QED) is 0.822. The third-order valence-corrected chi connectivity index (χ3v) is 4.86. The van der Waals surface area contributed by atoms with Gasteiger partial charge in [0, 0.05) is 31.5 Å². The minimum Gasteiger partial charge on any atom is -0.355 e. The van der Waals surface area contributed by atoms with Crippen molar-refractivity contribution in [3.05, 3.63) is 0 Å². The predicted molar refractivity (Wildman–Crippen MR) is 74.8 cm³/mol. The van der Waals surface area contributed by atoms with E-state index in [-0.39, 0.29) is 12.4 Å². The molecule has 0 aromatic rings. The van der Waals surface area contributed by atoms with Gasteiger partial charge in [-0.2, -0.15) is 0 Å². The first-order valence-corrected chi connectivity index (χ1v) is 7.33. The van der Waals surface area contributed by atoms with Gasteiger partial charge in [-0.15, -0.1) is 12.4 Å². The summed E-state index contributed by atoms with van der Waals surface area (Å²) in [7, 11) is 0. The summed E-state index contributed by atoms with van der Waals surface area (Å²) < 4.78 is 0. The molecular formula is C14H25ClN2O. The smallest absolute Gasteiger partial charge is 0.223 e. The molecule has 2 unspecified atom stereocenters. The Labute approximate surface area is 116 Å². The third kappa shape index (κ3) is 3.18. The Morgan fingerprint density at radius 1 is 1.17 bits per heavy atom. The molecule has 2 atom stereocenters. The van der Waals surface area contributed by atoms with E-state index in [0.29, 0.717) is 17.7 Å². The van der Waals surface area contributed by atoms with Crippen LogP contribution in [0.25, 0.3) is 0 Å². The zero-order valence-corrected chi connectivity index (χ0v) is 11.8.